The summed E-state index contributed by atoms with van der Waals surface area (Å²) in [6.45, 7) is 1.87. The lowest BCUT2D eigenvalue weighted by Crippen LogP contribution is -2.42. The number of amides is 1. The molecule has 0 bridgehead atoms. The number of nitrogens with zero attached hydrogens (tertiary/aromatic N) is 3. The van der Waals surface area contributed by atoms with Gasteiger partial charge in [0.05, 0.1) is 5.25 Å². The average molecular weight is 309 g/mol. The second kappa shape index (κ2) is 6.98. The van der Waals surface area contributed by atoms with E-state index in [2.05, 4.69) is 9.97 Å². The lowest BCUT2D eigenvalue weighted by molar-refractivity contribution is -0.131. The molecule has 0 saturated heterocycles. The maximum atomic E-state index is 12.5. The second-order valence-electron chi connectivity index (χ2n) is 5.50. The van der Waals surface area contributed by atoms with Crippen LogP contribution in [-0.4, -0.2) is 39.1 Å². The van der Waals surface area contributed by atoms with Gasteiger partial charge in [0, 0.05) is 19.2 Å². The van der Waals surface area contributed by atoms with Crippen LogP contribution >= 0.6 is 11.8 Å². The van der Waals surface area contributed by atoms with Crippen LogP contribution in [0.15, 0.2) is 11.2 Å². The Morgan fingerprint density at radius 3 is 2.43 bits per heavy atom. The molecule has 0 aliphatic heterocycles. The Morgan fingerprint density at radius 2 is 1.86 bits per heavy atom. The minimum absolute atomic E-state index is 0.108. The standard InChI is InChI=1S/C14H23N5OS/c1-9(21-14-17-11(15)8-12(16)18-14)13(20)19(2)10-6-4-3-5-7-10/h8-10H,3-7H2,1-2H3,(H4,15,16,17,18). The Kier molecular flexibility index (Phi) is 5.27. The van der Waals surface area contributed by atoms with Crippen molar-refractivity contribution >= 4 is 29.3 Å². The molecule has 1 heterocycles. The van der Waals surface area contributed by atoms with Crippen LogP contribution < -0.4 is 11.5 Å². The highest BCUT2D eigenvalue weighted by molar-refractivity contribution is 8.00. The van der Waals surface area contributed by atoms with Gasteiger partial charge in [-0.25, -0.2) is 9.97 Å². The summed E-state index contributed by atoms with van der Waals surface area (Å²) in [4.78, 5) is 22.6. The molecule has 21 heavy (non-hydrogen) atoms. The van der Waals surface area contributed by atoms with Gasteiger partial charge >= 0.3 is 0 Å². The number of nitrogen functional groups attached to an aromatic ring is 2. The maximum absolute atomic E-state index is 12.5. The predicted molar refractivity (Wildman–Crippen MR) is 85.8 cm³/mol. The van der Waals surface area contributed by atoms with Crippen molar-refractivity contribution in [2.75, 3.05) is 18.5 Å². The van der Waals surface area contributed by atoms with Crippen LogP contribution in [0.4, 0.5) is 11.6 Å². The van der Waals surface area contributed by atoms with Gasteiger partial charge in [-0.15, -0.1) is 0 Å². The van der Waals surface area contributed by atoms with Crippen molar-refractivity contribution in [2.45, 2.75) is 55.5 Å². The summed E-state index contributed by atoms with van der Waals surface area (Å²) in [5.74, 6) is 0.757. The first-order valence-corrected chi connectivity index (χ1v) is 8.18. The van der Waals surface area contributed by atoms with Gasteiger partial charge in [-0.2, -0.15) is 0 Å². The van der Waals surface area contributed by atoms with Gasteiger partial charge in [0.1, 0.15) is 11.6 Å². The van der Waals surface area contributed by atoms with E-state index in [0.717, 1.165) is 12.8 Å². The van der Waals surface area contributed by atoms with Gasteiger partial charge in [0.15, 0.2) is 5.16 Å². The Hall–Kier alpha value is -1.50. The molecule has 6 nitrogen and oxygen atoms in total. The van der Waals surface area contributed by atoms with Crippen LogP contribution in [-0.2, 0) is 4.79 Å². The van der Waals surface area contributed by atoms with E-state index in [1.165, 1.54) is 37.1 Å². The van der Waals surface area contributed by atoms with Crippen LogP contribution in [0.3, 0.4) is 0 Å². The van der Waals surface area contributed by atoms with E-state index in [4.69, 9.17) is 11.5 Å². The summed E-state index contributed by atoms with van der Waals surface area (Å²) in [6.07, 6.45) is 5.89. The lowest BCUT2D eigenvalue weighted by Gasteiger charge is -2.32. The van der Waals surface area contributed by atoms with Crippen molar-refractivity contribution in [3.63, 3.8) is 0 Å². The zero-order valence-corrected chi connectivity index (χ0v) is 13.4. The molecule has 0 radical (unpaired) electrons. The topological polar surface area (TPSA) is 98.1 Å². The van der Waals surface area contributed by atoms with Crippen LogP contribution in [0.1, 0.15) is 39.0 Å². The van der Waals surface area contributed by atoms with E-state index in [9.17, 15) is 4.79 Å². The quantitative estimate of drug-likeness (QED) is 0.651. The van der Waals surface area contributed by atoms with Gasteiger partial charge in [-0.05, 0) is 19.8 Å². The number of rotatable bonds is 4. The Balaban J connectivity index is 1.98. The molecule has 1 unspecified atom stereocenters. The monoisotopic (exact) mass is 309 g/mol. The van der Waals surface area contributed by atoms with E-state index in [-0.39, 0.29) is 11.2 Å². The largest absolute Gasteiger partial charge is 0.383 e. The molecule has 4 N–H and O–H groups in total. The van der Waals surface area contributed by atoms with Gasteiger partial charge in [0.25, 0.3) is 0 Å². The average Bonchev–Trinajstić information content (AvgIpc) is 2.45. The number of carbonyl (C=O) groups is 1. The number of carbonyl (C=O) groups excluding carboxylic acids is 1. The minimum Gasteiger partial charge on any atom is -0.383 e. The molecule has 0 spiro atoms. The molecule has 0 aromatic carbocycles. The highest BCUT2D eigenvalue weighted by Gasteiger charge is 2.26. The van der Waals surface area contributed by atoms with Crippen LogP contribution in [0.5, 0.6) is 0 Å². The molecule has 1 aliphatic carbocycles. The minimum atomic E-state index is -0.252. The number of hydrogen-bond donors (Lipinski definition) is 2. The lowest BCUT2D eigenvalue weighted by atomic mass is 9.94. The summed E-state index contributed by atoms with van der Waals surface area (Å²) in [5.41, 5.74) is 11.3. The Labute approximate surface area is 129 Å². The number of anilines is 2. The van der Waals surface area contributed by atoms with Gasteiger partial charge in [-0.1, -0.05) is 31.0 Å². The predicted octanol–water partition coefficient (Wildman–Crippen LogP) is 1.91. The normalized spacial score (nSPS) is 17.4. The van der Waals surface area contributed by atoms with Crippen LogP contribution in [0.25, 0.3) is 0 Å². The van der Waals surface area contributed by atoms with Gasteiger partial charge < -0.3 is 16.4 Å². The molecular weight excluding hydrogens is 286 g/mol. The first-order valence-electron chi connectivity index (χ1n) is 7.30. The summed E-state index contributed by atoms with van der Waals surface area (Å²) in [7, 11) is 1.89. The van der Waals surface area contributed by atoms with Crippen molar-refractivity contribution in [3.05, 3.63) is 6.07 Å². The van der Waals surface area contributed by atoms with E-state index in [0.29, 0.717) is 22.8 Å². The van der Waals surface area contributed by atoms with E-state index >= 15 is 0 Å². The summed E-state index contributed by atoms with van der Waals surface area (Å²) in [6, 6.07) is 1.87. The van der Waals surface area contributed by atoms with Crippen LogP contribution in [0, 0.1) is 0 Å². The first kappa shape index (κ1) is 15.9. The molecule has 1 atom stereocenters. The molecule has 1 aromatic rings. The van der Waals surface area contributed by atoms with Crippen molar-refractivity contribution in [2.24, 2.45) is 0 Å². The number of nitrogens with two attached hydrogens (primary N) is 2. The van der Waals surface area contributed by atoms with Crippen LogP contribution in [0.2, 0.25) is 0 Å². The van der Waals surface area contributed by atoms with Crippen molar-refractivity contribution in [3.8, 4) is 0 Å². The molecule has 1 aliphatic rings. The van der Waals surface area contributed by atoms with Crippen molar-refractivity contribution in [1.29, 1.82) is 0 Å². The zero-order valence-electron chi connectivity index (χ0n) is 12.6. The first-order chi connectivity index (χ1) is 9.97. The fourth-order valence-electron chi connectivity index (χ4n) is 2.66. The highest BCUT2D eigenvalue weighted by Crippen LogP contribution is 2.26. The third-order valence-electron chi connectivity index (χ3n) is 3.85. The fourth-order valence-corrected chi connectivity index (χ4v) is 3.56. The van der Waals surface area contributed by atoms with E-state index < -0.39 is 0 Å². The smallest absolute Gasteiger partial charge is 0.235 e. The maximum Gasteiger partial charge on any atom is 0.235 e. The SMILES string of the molecule is CC(Sc1nc(N)cc(N)n1)C(=O)N(C)C1CCCCC1. The summed E-state index contributed by atoms with van der Waals surface area (Å²) < 4.78 is 0. The molecular formula is C14H23N5OS. The second-order valence-corrected chi connectivity index (χ2v) is 6.81. The number of aromatic nitrogens is 2. The molecule has 1 fully saturated rings. The zero-order chi connectivity index (χ0) is 15.4. The summed E-state index contributed by atoms with van der Waals surface area (Å²) in [5, 5.41) is 0.198. The molecule has 1 aromatic heterocycles. The van der Waals surface area contributed by atoms with Gasteiger partial charge in [0.2, 0.25) is 5.91 Å². The van der Waals surface area contributed by atoms with E-state index in [1.54, 1.807) is 0 Å². The molecule has 1 saturated carbocycles. The third kappa shape index (κ3) is 4.23. The third-order valence-corrected chi connectivity index (χ3v) is 4.79. The van der Waals surface area contributed by atoms with Crippen molar-refractivity contribution < 1.29 is 4.79 Å². The molecule has 7 heteroatoms. The van der Waals surface area contributed by atoms with E-state index in [1.807, 2.05) is 18.9 Å². The number of thioether (sulfide) groups is 1. The Morgan fingerprint density at radius 1 is 1.29 bits per heavy atom. The Bertz CT molecular complexity index is 484. The van der Waals surface area contributed by atoms with Crippen molar-refractivity contribution in [1.82, 2.24) is 14.9 Å². The molecule has 1 amide bonds. The van der Waals surface area contributed by atoms with Gasteiger partial charge in [-0.3, -0.25) is 4.79 Å². The highest BCUT2D eigenvalue weighted by atomic mass is 32.2. The summed E-state index contributed by atoms with van der Waals surface area (Å²) >= 11 is 1.30. The molecule has 2 rings (SSSR count). The molecule has 116 valence electrons. The fraction of sp³-hybridized carbons (Fsp3) is 0.643. The number of hydrogen-bond acceptors (Lipinski definition) is 6.